The molecule has 12 heteroatoms. The second kappa shape index (κ2) is 8.60. The number of benzene rings is 1. The molecule has 7 nitrogen and oxygen atoms in total. The Morgan fingerprint density at radius 1 is 1.08 bits per heavy atom. The predicted octanol–water partition coefficient (Wildman–Crippen LogP) is 5.41. The molecule has 1 aliphatic carbocycles. The molecule has 1 aliphatic heterocycles. The highest BCUT2D eigenvalue weighted by molar-refractivity contribution is 7.99. The Morgan fingerprint density at radius 2 is 1.86 bits per heavy atom. The third-order valence-corrected chi connectivity index (χ3v) is 8.55. The van der Waals surface area contributed by atoms with E-state index in [0.717, 1.165) is 50.3 Å². The van der Waals surface area contributed by atoms with E-state index in [1.807, 2.05) is 6.07 Å². The molecule has 1 saturated heterocycles. The molecule has 2 aliphatic rings. The summed E-state index contributed by atoms with van der Waals surface area (Å²) in [5, 5.41) is 0.125. The Bertz CT molecular complexity index is 1450. The van der Waals surface area contributed by atoms with Crippen LogP contribution in [0.1, 0.15) is 35.7 Å². The highest BCUT2D eigenvalue weighted by Gasteiger charge is 2.46. The smallest absolute Gasteiger partial charge is 0.342 e. The molecule has 3 aromatic heterocycles. The maximum atomic E-state index is 13.3. The second-order valence-electron chi connectivity index (χ2n) is 9.20. The van der Waals surface area contributed by atoms with Crippen LogP contribution >= 0.6 is 23.4 Å². The van der Waals surface area contributed by atoms with Crippen molar-refractivity contribution in [1.82, 2.24) is 24.9 Å². The van der Waals surface area contributed by atoms with Crippen molar-refractivity contribution in [2.75, 3.05) is 18.0 Å². The molecule has 1 fully saturated rings. The van der Waals surface area contributed by atoms with Gasteiger partial charge in [0.05, 0.1) is 0 Å². The van der Waals surface area contributed by atoms with Crippen LogP contribution in [0.4, 0.5) is 19.1 Å². The van der Waals surface area contributed by atoms with Gasteiger partial charge in [-0.05, 0) is 47.9 Å². The van der Waals surface area contributed by atoms with E-state index in [4.69, 9.17) is 17.3 Å². The molecule has 1 aromatic carbocycles. The molecule has 4 aromatic rings. The number of nitrogens with zero attached hydrogens (tertiary/aromatic N) is 5. The van der Waals surface area contributed by atoms with Crippen LogP contribution in [0.2, 0.25) is 5.15 Å². The third-order valence-electron chi connectivity index (χ3n) is 7.14. The molecule has 4 heterocycles. The van der Waals surface area contributed by atoms with Crippen molar-refractivity contribution in [3.8, 4) is 0 Å². The summed E-state index contributed by atoms with van der Waals surface area (Å²) in [6.07, 6.45) is -0.676. The number of piperidine rings is 1. The maximum absolute atomic E-state index is 13.3. The minimum atomic E-state index is -4.60. The number of H-pyrrole nitrogens is 1. The van der Waals surface area contributed by atoms with Gasteiger partial charge in [0, 0.05) is 30.2 Å². The van der Waals surface area contributed by atoms with Crippen molar-refractivity contribution >= 4 is 40.6 Å². The largest absolute Gasteiger partial charge is 0.434 e. The number of nitrogens with two attached hydrogens (primary N) is 1. The number of alkyl halides is 3. The van der Waals surface area contributed by atoms with Gasteiger partial charge in [0.2, 0.25) is 5.95 Å². The Labute approximate surface area is 213 Å². The van der Waals surface area contributed by atoms with Gasteiger partial charge in [0.1, 0.15) is 5.03 Å². The Hall–Kier alpha value is -2.89. The number of fused-ring (bicyclic) bond motifs is 2. The average Bonchev–Trinajstić information content (AvgIpc) is 3.38. The van der Waals surface area contributed by atoms with Crippen molar-refractivity contribution in [3.63, 3.8) is 0 Å². The molecule has 0 bridgehead atoms. The molecular formula is C24H21ClF3N7S. The number of hydrogen-bond donors (Lipinski definition) is 2. The summed E-state index contributed by atoms with van der Waals surface area (Å²) in [6.45, 7) is 1.53. The minimum Gasteiger partial charge on any atom is -0.342 e. The highest BCUT2D eigenvalue weighted by Crippen LogP contribution is 2.51. The van der Waals surface area contributed by atoms with Crippen LogP contribution < -0.4 is 10.6 Å². The van der Waals surface area contributed by atoms with Gasteiger partial charge >= 0.3 is 6.18 Å². The number of anilines is 1. The summed E-state index contributed by atoms with van der Waals surface area (Å²) in [5.41, 5.74) is 8.97. The molecule has 1 atom stereocenters. The van der Waals surface area contributed by atoms with Crippen LogP contribution in [0.25, 0.3) is 11.3 Å². The summed E-state index contributed by atoms with van der Waals surface area (Å²) in [5.74, 6) is 0.611. The Kier molecular flexibility index (Phi) is 5.62. The van der Waals surface area contributed by atoms with E-state index in [9.17, 15) is 13.2 Å². The summed E-state index contributed by atoms with van der Waals surface area (Å²) in [4.78, 5) is 22.0. The molecule has 3 N–H and O–H groups in total. The van der Waals surface area contributed by atoms with E-state index < -0.39 is 11.9 Å². The van der Waals surface area contributed by atoms with E-state index in [1.54, 1.807) is 0 Å². The van der Waals surface area contributed by atoms with Crippen molar-refractivity contribution < 1.29 is 13.2 Å². The summed E-state index contributed by atoms with van der Waals surface area (Å²) in [7, 11) is 0. The summed E-state index contributed by atoms with van der Waals surface area (Å²) >= 11 is 7.05. The Balaban J connectivity index is 1.22. The fraction of sp³-hybridized carbons (Fsp3) is 0.333. The topological polar surface area (TPSA) is 96.6 Å². The van der Waals surface area contributed by atoms with Gasteiger partial charge in [-0.25, -0.2) is 9.97 Å². The van der Waals surface area contributed by atoms with Gasteiger partial charge in [-0.2, -0.15) is 18.2 Å². The molecule has 1 spiro atoms. The highest BCUT2D eigenvalue weighted by atomic mass is 35.5. The number of pyridine rings is 1. The SMILES string of the molecule is N[C@@H]1c2ccccc2CC12CCN(c1nc3nc(Sc4cccnc4C(F)(F)F)c(Cl)nc3[nH]1)CC2. The van der Waals surface area contributed by atoms with Gasteiger partial charge in [0.25, 0.3) is 0 Å². The summed E-state index contributed by atoms with van der Waals surface area (Å²) < 4.78 is 40.0. The Morgan fingerprint density at radius 3 is 2.61 bits per heavy atom. The maximum Gasteiger partial charge on any atom is 0.434 e. The standard InChI is InChI=1S/C24H21ClF3N7S/c25-18-21(36-15-6-3-9-30-17(15)24(26,27)28)32-20-19(31-18)33-22(34-20)35-10-7-23(8-11-35)12-13-4-1-2-5-14(13)16(23)29/h1-6,9,16H,7-8,10-12,29H2,(H,31,32,33,34)/t16-/m1/s1. The number of aromatic amines is 1. The van der Waals surface area contributed by atoms with Crippen molar-refractivity contribution in [3.05, 3.63) is 64.6 Å². The molecule has 36 heavy (non-hydrogen) atoms. The van der Waals surface area contributed by atoms with Crippen molar-refractivity contribution in [1.29, 1.82) is 0 Å². The number of rotatable bonds is 3. The lowest BCUT2D eigenvalue weighted by atomic mass is 9.73. The fourth-order valence-corrected chi connectivity index (χ4v) is 6.39. The lowest BCUT2D eigenvalue weighted by Crippen LogP contribution is -2.44. The summed E-state index contributed by atoms with van der Waals surface area (Å²) in [6, 6.07) is 11.2. The zero-order chi connectivity index (χ0) is 25.1. The first-order chi connectivity index (χ1) is 17.2. The zero-order valence-electron chi connectivity index (χ0n) is 18.9. The van der Waals surface area contributed by atoms with E-state index in [1.165, 1.54) is 23.3 Å². The third kappa shape index (κ3) is 3.99. The predicted molar refractivity (Wildman–Crippen MR) is 131 cm³/mol. The normalized spacial score (nSPS) is 19.2. The van der Waals surface area contributed by atoms with Crippen LogP contribution in [0.15, 0.2) is 52.5 Å². The zero-order valence-corrected chi connectivity index (χ0v) is 20.5. The second-order valence-corrected chi connectivity index (χ2v) is 10.6. The van der Waals surface area contributed by atoms with Crippen LogP contribution in [0.3, 0.4) is 0 Å². The molecule has 0 saturated carbocycles. The van der Waals surface area contributed by atoms with Gasteiger partial charge in [-0.15, -0.1) is 0 Å². The lowest BCUT2D eigenvalue weighted by Gasteiger charge is -2.42. The van der Waals surface area contributed by atoms with Crippen LogP contribution in [0.5, 0.6) is 0 Å². The number of imidazole rings is 1. The van der Waals surface area contributed by atoms with Gasteiger partial charge in [-0.3, -0.25) is 4.98 Å². The number of nitrogens with one attached hydrogen (secondary N) is 1. The molecule has 0 radical (unpaired) electrons. The molecule has 0 amide bonds. The van der Waals surface area contributed by atoms with E-state index in [2.05, 4.69) is 48.0 Å². The first kappa shape index (κ1) is 23.5. The fourth-order valence-electron chi connectivity index (χ4n) is 5.26. The van der Waals surface area contributed by atoms with E-state index in [0.29, 0.717) is 17.2 Å². The van der Waals surface area contributed by atoms with Gasteiger partial charge in [0.15, 0.2) is 22.1 Å². The van der Waals surface area contributed by atoms with E-state index in [-0.39, 0.29) is 26.5 Å². The molecule has 186 valence electrons. The van der Waals surface area contributed by atoms with E-state index >= 15 is 0 Å². The molecular weight excluding hydrogens is 511 g/mol. The lowest BCUT2D eigenvalue weighted by molar-refractivity contribution is -0.143. The van der Waals surface area contributed by atoms with Crippen molar-refractivity contribution in [2.45, 2.75) is 41.4 Å². The quantitative estimate of drug-likeness (QED) is 0.364. The number of aromatic nitrogens is 5. The van der Waals surface area contributed by atoms with Crippen molar-refractivity contribution in [2.24, 2.45) is 11.1 Å². The molecule has 0 unspecified atom stereocenters. The number of halogens is 4. The number of hydrogen-bond acceptors (Lipinski definition) is 7. The van der Waals surface area contributed by atoms with Gasteiger partial charge in [-0.1, -0.05) is 47.6 Å². The van der Waals surface area contributed by atoms with Crippen LogP contribution in [-0.4, -0.2) is 38.0 Å². The first-order valence-corrected chi connectivity index (χ1v) is 12.6. The monoisotopic (exact) mass is 531 g/mol. The first-order valence-electron chi connectivity index (χ1n) is 11.5. The average molecular weight is 532 g/mol. The van der Waals surface area contributed by atoms with Gasteiger partial charge < -0.3 is 15.6 Å². The van der Waals surface area contributed by atoms with Crippen LogP contribution in [0, 0.1) is 5.41 Å². The minimum absolute atomic E-state index is 0.00744. The van der Waals surface area contributed by atoms with Crippen LogP contribution in [-0.2, 0) is 12.6 Å². The molecule has 6 rings (SSSR count).